The Morgan fingerprint density at radius 3 is 2.26 bits per heavy atom. The molecule has 0 aromatic heterocycles. The molecular weight excluding hydrogens is 350 g/mol. The molecule has 1 amide bonds. The smallest absolute Gasteiger partial charge is 0.294 e. The maximum Gasteiger partial charge on any atom is 0.294 e. The van der Waals surface area contributed by atoms with Crippen molar-refractivity contribution in [1.82, 2.24) is 0 Å². The third-order valence-electron chi connectivity index (χ3n) is 2.80. The average Bonchev–Trinajstić information content (AvgIpc) is 2.34. The number of phenolic OH excluding ortho intramolecular Hbond substituents is 1. The molecule has 0 fully saturated rings. The van der Waals surface area contributed by atoms with Gasteiger partial charge < -0.3 is 10.4 Å². The summed E-state index contributed by atoms with van der Waals surface area (Å²) in [4.78, 5) is 10.9. The van der Waals surface area contributed by atoms with Crippen molar-refractivity contribution in [3.63, 3.8) is 0 Å². The van der Waals surface area contributed by atoms with E-state index in [1.165, 1.54) is 18.2 Å². The third-order valence-corrected chi connectivity index (χ3v) is 4.26. The molecule has 2 aromatic rings. The normalized spacial score (nSPS) is 12.3. The number of nitrogens with one attached hydrogen (secondary N) is 1. The summed E-state index contributed by atoms with van der Waals surface area (Å²) < 4.78 is 61.1. The molecule has 0 saturated carbocycles. The number of phenols is 1. The van der Waals surface area contributed by atoms with E-state index in [0.29, 0.717) is 0 Å². The summed E-state index contributed by atoms with van der Waals surface area (Å²) in [6.45, 7) is 0. The lowest BCUT2D eigenvalue weighted by molar-refractivity contribution is -0.113. The van der Waals surface area contributed by atoms with Gasteiger partial charge in [-0.15, -0.1) is 0 Å². The summed E-state index contributed by atoms with van der Waals surface area (Å²) in [6.07, 6.45) is 0. The zero-order valence-electron chi connectivity index (χ0n) is 11.3. The molecule has 124 valence electrons. The number of carbonyl (C=O) groups is 1. The van der Waals surface area contributed by atoms with Gasteiger partial charge in [-0.25, -0.2) is 0 Å². The number of hydrogen-bond acceptors (Lipinski definition) is 6. The van der Waals surface area contributed by atoms with Gasteiger partial charge >= 0.3 is 0 Å². The molecule has 0 bridgehead atoms. The van der Waals surface area contributed by atoms with Gasteiger partial charge in [-0.3, -0.25) is 13.9 Å². The number of benzene rings is 2. The van der Waals surface area contributed by atoms with Crippen LogP contribution in [0.15, 0.2) is 35.2 Å². The molecule has 11 heteroatoms. The van der Waals surface area contributed by atoms with Gasteiger partial charge in [0.2, 0.25) is 5.91 Å². The van der Waals surface area contributed by atoms with E-state index in [1.807, 2.05) is 0 Å². The lowest BCUT2D eigenvalue weighted by atomic mass is 10.1. The van der Waals surface area contributed by atoms with Crippen molar-refractivity contribution in [2.75, 3.05) is 11.1 Å². The van der Waals surface area contributed by atoms with Gasteiger partial charge in [-0.2, -0.15) is 16.8 Å². The average molecular weight is 361 g/mol. The zero-order valence-corrected chi connectivity index (χ0v) is 12.9. The quantitative estimate of drug-likeness (QED) is 0.577. The summed E-state index contributed by atoms with van der Waals surface area (Å²) in [6, 6.07) is 5.92. The highest BCUT2D eigenvalue weighted by Gasteiger charge is 2.15. The van der Waals surface area contributed by atoms with Crippen molar-refractivity contribution in [2.45, 2.75) is 4.90 Å². The molecule has 4 N–H and O–H groups in total. The van der Waals surface area contributed by atoms with E-state index in [1.54, 1.807) is 0 Å². The van der Waals surface area contributed by atoms with E-state index >= 15 is 0 Å². The second-order valence-corrected chi connectivity index (χ2v) is 7.50. The molecular formula is C12H11NO8S2. The molecule has 0 unspecified atom stereocenters. The molecule has 0 spiro atoms. The minimum absolute atomic E-state index is 0.109. The number of aromatic hydroxyl groups is 1. The standard InChI is InChI=1S/C12H11NO8S2/c14-11-5-9(23(19,20)21)4-7-3-8(1-2-10(7)11)13-12(15)6-22(16,17)18/h1-5,14H,6H2,(H,13,15)(H,16,17,18)(H,19,20,21). The van der Waals surface area contributed by atoms with Crippen LogP contribution in [0.1, 0.15) is 0 Å². The van der Waals surface area contributed by atoms with Gasteiger partial charge in [0.25, 0.3) is 20.2 Å². The largest absolute Gasteiger partial charge is 0.507 e. The molecule has 0 aliphatic carbocycles. The summed E-state index contributed by atoms with van der Waals surface area (Å²) in [5.41, 5.74) is 0.109. The van der Waals surface area contributed by atoms with Crippen LogP contribution < -0.4 is 5.32 Å². The highest BCUT2D eigenvalue weighted by molar-refractivity contribution is 7.86. The molecule has 0 radical (unpaired) electrons. The molecule has 0 aliphatic rings. The molecule has 23 heavy (non-hydrogen) atoms. The van der Waals surface area contributed by atoms with Crippen LogP contribution >= 0.6 is 0 Å². The second kappa shape index (κ2) is 5.77. The monoisotopic (exact) mass is 361 g/mol. The van der Waals surface area contributed by atoms with Crippen molar-refractivity contribution in [2.24, 2.45) is 0 Å². The Kier molecular flexibility index (Phi) is 4.30. The number of amides is 1. The minimum Gasteiger partial charge on any atom is -0.507 e. The van der Waals surface area contributed by atoms with E-state index < -0.39 is 42.5 Å². The van der Waals surface area contributed by atoms with Crippen molar-refractivity contribution in [1.29, 1.82) is 0 Å². The van der Waals surface area contributed by atoms with E-state index in [0.717, 1.165) is 12.1 Å². The van der Waals surface area contributed by atoms with Crippen LogP contribution in [0.4, 0.5) is 5.69 Å². The predicted molar refractivity (Wildman–Crippen MR) is 80.5 cm³/mol. The van der Waals surface area contributed by atoms with E-state index in [2.05, 4.69) is 5.32 Å². The van der Waals surface area contributed by atoms with Crippen LogP contribution in [-0.2, 0) is 25.0 Å². The lowest BCUT2D eigenvalue weighted by Crippen LogP contribution is -2.22. The minimum atomic E-state index is -4.54. The first kappa shape index (κ1) is 17.1. The number of rotatable bonds is 4. The summed E-state index contributed by atoms with van der Waals surface area (Å²) in [7, 11) is -9.02. The van der Waals surface area contributed by atoms with Crippen LogP contribution in [0.25, 0.3) is 10.8 Å². The molecule has 2 aromatic carbocycles. The maximum atomic E-state index is 11.4. The Labute approximate surface area is 131 Å². The highest BCUT2D eigenvalue weighted by Crippen LogP contribution is 2.30. The Bertz CT molecular complexity index is 995. The van der Waals surface area contributed by atoms with Crippen molar-refractivity contribution >= 4 is 42.6 Å². The van der Waals surface area contributed by atoms with Crippen molar-refractivity contribution in [3.8, 4) is 5.75 Å². The summed E-state index contributed by atoms with van der Waals surface area (Å²) >= 11 is 0. The van der Waals surface area contributed by atoms with Crippen LogP contribution in [0.5, 0.6) is 5.75 Å². The fraction of sp³-hybridized carbons (Fsp3) is 0.0833. The summed E-state index contributed by atoms with van der Waals surface area (Å²) in [5.74, 6) is -2.53. The van der Waals surface area contributed by atoms with Gasteiger partial charge in [0.15, 0.2) is 5.75 Å². The SMILES string of the molecule is O=C(CS(=O)(=O)O)Nc1ccc2c(O)cc(S(=O)(=O)O)cc2c1. The first-order valence-corrected chi connectivity index (χ1v) is 9.00. The van der Waals surface area contributed by atoms with Gasteiger partial charge in [-0.1, -0.05) is 0 Å². The van der Waals surface area contributed by atoms with Crippen LogP contribution in [0.2, 0.25) is 0 Å². The number of hydrogen-bond donors (Lipinski definition) is 4. The molecule has 2 rings (SSSR count). The zero-order chi connectivity index (χ0) is 17.4. The fourth-order valence-corrected chi connectivity index (χ4v) is 2.85. The van der Waals surface area contributed by atoms with Crippen molar-refractivity contribution < 1.29 is 35.8 Å². The Balaban J connectivity index is 2.43. The molecule has 0 heterocycles. The van der Waals surface area contributed by atoms with E-state index in [9.17, 15) is 26.7 Å². The fourth-order valence-electron chi connectivity index (χ4n) is 1.91. The Hall–Kier alpha value is -2.21. The molecule has 0 atom stereocenters. The second-order valence-electron chi connectivity index (χ2n) is 4.63. The van der Waals surface area contributed by atoms with Gasteiger partial charge in [-0.05, 0) is 29.7 Å². The van der Waals surface area contributed by atoms with E-state index in [4.69, 9.17) is 9.11 Å². The number of fused-ring (bicyclic) bond motifs is 1. The van der Waals surface area contributed by atoms with Crippen LogP contribution in [0.3, 0.4) is 0 Å². The third kappa shape index (κ3) is 4.39. The van der Waals surface area contributed by atoms with Gasteiger partial charge in [0.1, 0.15) is 5.75 Å². The Morgan fingerprint density at radius 1 is 1.04 bits per heavy atom. The van der Waals surface area contributed by atoms with Crippen molar-refractivity contribution in [3.05, 3.63) is 30.3 Å². The van der Waals surface area contributed by atoms with E-state index in [-0.39, 0.29) is 16.5 Å². The number of carbonyl (C=O) groups excluding carboxylic acids is 1. The lowest BCUT2D eigenvalue weighted by Gasteiger charge is -2.08. The van der Waals surface area contributed by atoms with Crippen LogP contribution in [0, 0.1) is 0 Å². The Morgan fingerprint density at radius 2 is 1.70 bits per heavy atom. The first-order valence-electron chi connectivity index (χ1n) is 5.95. The maximum absolute atomic E-state index is 11.4. The number of anilines is 1. The molecule has 0 aliphatic heterocycles. The first-order chi connectivity index (χ1) is 10.5. The van der Waals surface area contributed by atoms with Crippen LogP contribution in [-0.4, -0.2) is 42.7 Å². The van der Waals surface area contributed by atoms with Gasteiger partial charge in [0, 0.05) is 17.1 Å². The summed E-state index contributed by atoms with van der Waals surface area (Å²) in [5, 5.41) is 12.4. The topological polar surface area (TPSA) is 158 Å². The van der Waals surface area contributed by atoms with Gasteiger partial charge in [0.05, 0.1) is 4.90 Å². The molecule has 9 nitrogen and oxygen atoms in total. The highest BCUT2D eigenvalue weighted by atomic mass is 32.2. The molecule has 0 saturated heterocycles. The predicted octanol–water partition coefficient (Wildman–Crippen LogP) is 0.618.